The van der Waals surface area contributed by atoms with Crippen LogP contribution in [0.25, 0.3) is 22.3 Å². The van der Waals surface area contributed by atoms with Crippen LogP contribution in [-0.2, 0) is 9.47 Å². The molecule has 0 unspecified atom stereocenters. The number of esters is 2. The van der Waals surface area contributed by atoms with Crippen LogP contribution in [0.15, 0.2) is 97.1 Å². The fourth-order valence-corrected chi connectivity index (χ4v) is 3.34. The Kier molecular flexibility index (Phi) is 6.89. The van der Waals surface area contributed by atoms with Crippen LogP contribution in [0.1, 0.15) is 20.7 Å². The van der Waals surface area contributed by atoms with Crippen LogP contribution in [0.2, 0.25) is 0 Å². The normalized spacial score (nSPS) is 10.5. The molecule has 0 spiro atoms. The van der Waals surface area contributed by atoms with Crippen molar-refractivity contribution < 1.29 is 29.3 Å². The van der Waals surface area contributed by atoms with E-state index >= 15 is 0 Å². The number of phenols is 2. The van der Waals surface area contributed by atoms with E-state index in [1.54, 1.807) is 97.1 Å². The highest BCUT2D eigenvalue weighted by atomic mass is 16.6. The van der Waals surface area contributed by atoms with E-state index in [1.165, 1.54) is 0 Å². The molecule has 4 rings (SSSR count). The molecule has 0 aliphatic carbocycles. The lowest BCUT2D eigenvalue weighted by molar-refractivity contribution is 0.0265. The average molecular weight is 454 g/mol. The van der Waals surface area contributed by atoms with Crippen LogP contribution >= 0.6 is 0 Å². The van der Waals surface area contributed by atoms with Crippen LogP contribution in [0.4, 0.5) is 0 Å². The van der Waals surface area contributed by atoms with Gasteiger partial charge >= 0.3 is 11.9 Å². The summed E-state index contributed by atoms with van der Waals surface area (Å²) >= 11 is 0. The molecular weight excluding hydrogens is 432 g/mol. The topological polar surface area (TPSA) is 93.1 Å². The summed E-state index contributed by atoms with van der Waals surface area (Å²) in [6, 6.07) is 27.4. The first kappa shape index (κ1) is 22.6. The molecule has 4 aromatic carbocycles. The predicted octanol–water partition coefficient (Wildman–Crippen LogP) is 5.45. The van der Waals surface area contributed by atoms with Crippen molar-refractivity contribution in [2.75, 3.05) is 13.2 Å². The summed E-state index contributed by atoms with van der Waals surface area (Å²) < 4.78 is 10.4. The van der Waals surface area contributed by atoms with E-state index in [1.807, 2.05) is 0 Å². The Labute approximate surface area is 196 Å². The van der Waals surface area contributed by atoms with Gasteiger partial charge in [-0.3, -0.25) is 0 Å². The third kappa shape index (κ3) is 5.61. The van der Waals surface area contributed by atoms with E-state index in [2.05, 4.69) is 0 Å². The van der Waals surface area contributed by atoms with E-state index in [0.29, 0.717) is 11.1 Å². The molecule has 0 heterocycles. The molecule has 0 amide bonds. The molecule has 6 heteroatoms. The Morgan fingerprint density at radius 2 is 0.735 bits per heavy atom. The summed E-state index contributed by atoms with van der Waals surface area (Å²) in [5.74, 6) is -0.635. The summed E-state index contributed by atoms with van der Waals surface area (Å²) in [5, 5.41) is 18.8. The quantitative estimate of drug-likeness (QED) is 0.285. The van der Waals surface area contributed by atoms with Gasteiger partial charge in [-0.15, -0.1) is 0 Å². The van der Waals surface area contributed by atoms with Crippen LogP contribution in [-0.4, -0.2) is 35.4 Å². The van der Waals surface area contributed by atoms with Crippen molar-refractivity contribution in [2.45, 2.75) is 0 Å². The molecule has 0 fully saturated rings. The van der Waals surface area contributed by atoms with Gasteiger partial charge in [-0.1, -0.05) is 48.5 Å². The highest BCUT2D eigenvalue weighted by Crippen LogP contribution is 2.23. The molecule has 6 nitrogen and oxygen atoms in total. The molecule has 170 valence electrons. The SMILES string of the molecule is O=C(OCCOC(=O)c1ccc(-c2ccc(O)cc2)cc1)c1ccc(-c2ccc(O)cc2)cc1. The number of aromatic hydroxyl groups is 2. The lowest BCUT2D eigenvalue weighted by Crippen LogP contribution is -2.14. The van der Waals surface area contributed by atoms with Gasteiger partial charge in [0.15, 0.2) is 0 Å². The van der Waals surface area contributed by atoms with Crippen molar-refractivity contribution in [3.63, 3.8) is 0 Å². The van der Waals surface area contributed by atoms with Crippen molar-refractivity contribution in [1.82, 2.24) is 0 Å². The second-order valence-electron chi connectivity index (χ2n) is 7.52. The second-order valence-corrected chi connectivity index (χ2v) is 7.52. The van der Waals surface area contributed by atoms with Crippen LogP contribution < -0.4 is 0 Å². The fraction of sp³-hybridized carbons (Fsp3) is 0.0714. The molecule has 0 aliphatic rings. The van der Waals surface area contributed by atoms with Crippen LogP contribution in [0, 0.1) is 0 Å². The van der Waals surface area contributed by atoms with Crippen molar-refractivity contribution in [2.24, 2.45) is 0 Å². The van der Waals surface area contributed by atoms with Gasteiger partial charge < -0.3 is 19.7 Å². The molecular formula is C28H22O6. The van der Waals surface area contributed by atoms with Gasteiger partial charge in [0.25, 0.3) is 0 Å². The third-order valence-electron chi connectivity index (χ3n) is 5.19. The highest BCUT2D eigenvalue weighted by molar-refractivity contribution is 5.91. The number of carbonyl (C=O) groups is 2. The molecule has 0 bridgehead atoms. The molecule has 4 aromatic rings. The zero-order chi connectivity index (χ0) is 23.9. The average Bonchev–Trinajstić information content (AvgIpc) is 2.87. The van der Waals surface area contributed by atoms with Crippen LogP contribution in [0.5, 0.6) is 11.5 Å². The van der Waals surface area contributed by atoms with E-state index < -0.39 is 11.9 Å². The highest BCUT2D eigenvalue weighted by Gasteiger charge is 2.10. The maximum atomic E-state index is 12.2. The van der Waals surface area contributed by atoms with E-state index in [-0.39, 0.29) is 24.7 Å². The van der Waals surface area contributed by atoms with Crippen molar-refractivity contribution in [3.8, 4) is 33.8 Å². The van der Waals surface area contributed by atoms with E-state index in [4.69, 9.17) is 9.47 Å². The number of hydrogen-bond acceptors (Lipinski definition) is 6. The Balaban J connectivity index is 1.24. The fourth-order valence-electron chi connectivity index (χ4n) is 3.34. The standard InChI is InChI=1S/C28H22O6/c29-25-13-9-21(10-14-25)19-1-5-23(6-2-19)27(31)33-17-18-34-28(32)24-7-3-20(4-8-24)22-11-15-26(30)16-12-22/h1-16,29-30H,17-18H2. The smallest absolute Gasteiger partial charge is 0.338 e. The molecule has 2 N–H and O–H groups in total. The van der Waals surface area contributed by atoms with Gasteiger partial charge in [0.05, 0.1) is 11.1 Å². The summed E-state index contributed by atoms with van der Waals surface area (Å²) in [4.78, 5) is 24.5. The summed E-state index contributed by atoms with van der Waals surface area (Å²) in [5.41, 5.74) is 4.42. The maximum Gasteiger partial charge on any atom is 0.338 e. The first-order chi connectivity index (χ1) is 16.5. The predicted molar refractivity (Wildman–Crippen MR) is 128 cm³/mol. The first-order valence-electron chi connectivity index (χ1n) is 10.6. The summed E-state index contributed by atoms with van der Waals surface area (Å²) in [6.07, 6.45) is 0. The number of benzene rings is 4. The Hall–Kier alpha value is -4.58. The summed E-state index contributed by atoms with van der Waals surface area (Å²) in [7, 11) is 0. The Morgan fingerprint density at radius 1 is 0.471 bits per heavy atom. The first-order valence-corrected chi connectivity index (χ1v) is 10.6. The van der Waals surface area contributed by atoms with Crippen molar-refractivity contribution in [1.29, 1.82) is 0 Å². The van der Waals surface area contributed by atoms with Crippen molar-refractivity contribution in [3.05, 3.63) is 108 Å². The van der Waals surface area contributed by atoms with Gasteiger partial charge in [-0.05, 0) is 70.8 Å². The Bertz CT molecular complexity index is 1160. The largest absolute Gasteiger partial charge is 0.508 e. The second kappa shape index (κ2) is 10.4. The van der Waals surface area contributed by atoms with Gasteiger partial charge in [-0.25, -0.2) is 9.59 Å². The van der Waals surface area contributed by atoms with Crippen LogP contribution in [0.3, 0.4) is 0 Å². The number of ether oxygens (including phenoxy) is 2. The summed E-state index contributed by atoms with van der Waals surface area (Å²) in [6.45, 7) is -0.119. The molecule has 0 atom stereocenters. The lowest BCUT2D eigenvalue weighted by Gasteiger charge is -2.08. The number of carbonyl (C=O) groups excluding carboxylic acids is 2. The third-order valence-corrected chi connectivity index (χ3v) is 5.19. The van der Waals surface area contributed by atoms with Gasteiger partial charge in [0.1, 0.15) is 24.7 Å². The van der Waals surface area contributed by atoms with Gasteiger partial charge in [-0.2, -0.15) is 0 Å². The molecule has 34 heavy (non-hydrogen) atoms. The van der Waals surface area contributed by atoms with Gasteiger partial charge in [0, 0.05) is 0 Å². The maximum absolute atomic E-state index is 12.2. The number of rotatable bonds is 7. The molecule has 0 aliphatic heterocycles. The minimum Gasteiger partial charge on any atom is -0.508 e. The monoisotopic (exact) mass is 454 g/mol. The molecule has 0 saturated heterocycles. The van der Waals surface area contributed by atoms with E-state index in [0.717, 1.165) is 22.3 Å². The molecule has 0 aromatic heterocycles. The zero-order valence-corrected chi connectivity index (χ0v) is 18.2. The van der Waals surface area contributed by atoms with E-state index in [9.17, 15) is 19.8 Å². The molecule has 0 saturated carbocycles. The molecule has 0 radical (unpaired) electrons. The minimum absolute atomic E-state index is 0.0596. The zero-order valence-electron chi connectivity index (χ0n) is 18.2. The minimum atomic E-state index is -0.508. The number of phenolic OH excluding ortho intramolecular Hbond substituents is 2. The number of hydrogen-bond donors (Lipinski definition) is 2. The Morgan fingerprint density at radius 3 is 1.03 bits per heavy atom. The lowest BCUT2D eigenvalue weighted by atomic mass is 10.0. The van der Waals surface area contributed by atoms with Crippen molar-refractivity contribution >= 4 is 11.9 Å². The van der Waals surface area contributed by atoms with Gasteiger partial charge in [0.2, 0.25) is 0 Å².